The minimum Gasteiger partial charge on any atom is -0.394 e. The van der Waals surface area contributed by atoms with Gasteiger partial charge in [0.2, 0.25) is 0 Å². The number of halogens is 3. The summed E-state index contributed by atoms with van der Waals surface area (Å²) in [7, 11) is -4.39. The maximum atomic E-state index is 14.1. The average Bonchev–Trinajstić information content (AvgIpc) is 2.90. The number of β-amino-alcohol motifs (C(OH)–C–C–N with tert-alkyl or cyclic N) is 1. The highest BCUT2D eigenvalue weighted by atomic mass is 32.2. The highest BCUT2D eigenvalue weighted by Gasteiger charge is 2.42. The molecule has 1 fully saturated rings. The van der Waals surface area contributed by atoms with Crippen molar-refractivity contribution in [3.63, 3.8) is 0 Å². The highest BCUT2D eigenvalue weighted by molar-refractivity contribution is 7.92. The molecule has 3 aliphatic rings. The van der Waals surface area contributed by atoms with Crippen LogP contribution in [0, 0.1) is 0 Å². The van der Waals surface area contributed by atoms with Gasteiger partial charge in [-0.1, -0.05) is 12.1 Å². The molecule has 0 spiro atoms. The lowest BCUT2D eigenvalue weighted by Crippen LogP contribution is -2.61. The maximum Gasteiger partial charge on any atom is 0.416 e. The predicted octanol–water partition coefficient (Wildman–Crippen LogP) is 4.12. The number of piperazine rings is 1. The van der Waals surface area contributed by atoms with E-state index >= 15 is 0 Å². The molecule has 3 heterocycles. The van der Waals surface area contributed by atoms with Crippen LogP contribution in [0.3, 0.4) is 0 Å². The van der Waals surface area contributed by atoms with Crippen LogP contribution in [0.25, 0.3) is 5.57 Å². The van der Waals surface area contributed by atoms with Crippen molar-refractivity contribution >= 4 is 27.0 Å². The van der Waals surface area contributed by atoms with Crippen molar-refractivity contribution in [3.05, 3.63) is 59.7 Å². The molecule has 0 aliphatic carbocycles. The van der Waals surface area contributed by atoms with Crippen LogP contribution in [0.15, 0.2) is 53.4 Å². The maximum absolute atomic E-state index is 14.1. The Morgan fingerprint density at radius 2 is 1.79 bits per heavy atom. The molecule has 0 bridgehead atoms. The first-order valence-corrected chi connectivity index (χ1v) is 15.5. The molecule has 0 unspecified atom stereocenters. The van der Waals surface area contributed by atoms with Gasteiger partial charge in [0.25, 0.3) is 10.0 Å². The first-order valence-electron chi connectivity index (χ1n) is 14.0. The number of nitrogens with zero attached hydrogens (tertiary/aromatic N) is 3. The fourth-order valence-electron chi connectivity index (χ4n) is 6.45. The molecule has 2 N–H and O–H groups in total. The van der Waals surface area contributed by atoms with Crippen LogP contribution in [-0.2, 0) is 20.9 Å². The predicted molar refractivity (Wildman–Crippen MR) is 155 cm³/mol. The number of anilines is 2. The van der Waals surface area contributed by atoms with Gasteiger partial charge in [-0.25, -0.2) is 8.42 Å². The molecule has 0 aromatic heterocycles. The molecular formula is C30H38F3N3O5S. The number of hydrogen-bond donors (Lipinski definition) is 2. The van der Waals surface area contributed by atoms with E-state index in [1.165, 1.54) is 10.4 Å². The summed E-state index contributed by atoms with van der Waals surface area (Å²) in [5.41, 5.74) is 0.887. The fraction of sp³-hybridized carbons (Fsp3) is 0.533. The third kappa shape index (κ3) is 6.19. The van der Waals surface area contributed by atoms with Gasteiger partial charge in [-0.2, -0.15) is 13.2 Å². The topological polar surface area (TPSA) is 93.6 Å². The summed E-state index contributed by atoms with van der Waals surface area (Å²) < 4.78 is 76.3. The number of aliphatic hydroxyl groups excluding tert-OH is 2. The van der Waals surface area contributed by atoms with Gasteiger partial charge in [0.05, 0.1) is 58.3 Å². The molecule has 42 heavy (non-hydrogen) atoms. The van der Waals surface area contributed by atoms with Crippen molar-refractivity contribution in [2.24, 2.45) is 0 Å². The number of aliphatic hydroxyl groups is 2. The monoisotopic (exact) mass is 609 g/mol. The van der Waals surface area contributed by atoms with Crippen LogP contribution in [0.2, 0.25) is 0 Å². The third-order valence-corrected chi connectivity index (χ3v) is 9.75. The molecule has 1 saturated heterocycles. The number of rotatable bonds is 6. The molecule has 0 saturated carbocycles. The average molecular weight is 610 g/mol. The largest absolute Gasteiger partial charge is 0.416 e. The highest BCUT2D eigenvalue weighted by Crippen LogP contribution is 2.44. The van der Waals surface area contributed by atoms with E-state index in [2.05, 4.69) is 4.90 Å². The zero-order chi connectivity index (χ0) is 30.7. The molecular weight excluding hydrogens is 571 g/mol. The standard InChI is InChI=1S/C30H38F3N3O5S/c1-28(2)14-21(15-29(3,4)41-28)20-8-9-26-27(12-20)36(17-23-16-34(10-11-35(23)26)18-24(38)19-37)42(39,40)25-7-5-6-22(13-25)30(31,32)33/h5-9,12-14,23-24,37-38H,10-11,15-19H2,1-4H3/t23-,24-/m0/s1. The van der Waals surface area contributed by atoms with Crippen molar-refractivity contribution < 1.29 is 36.5 Å². The summed E-state index contributed by atoms with van der Waals surface area (Å²) in [5.74, 6) is 0. The van der Waals surface area contributed by atoms with E-state index < -0.39 is 44.0 Å². The van der Waals surface area contributed by atoms with Gasteiger partial charge >= 0.3 is 6.18 Å². The molecule has 3 aliphatic heterocycles. The molecule has 0 amide bonds. The van der Waals surface area contributed by atoms with Crippen LogP contribution in [0.4, 0.5) is 24.5 Å². The van der Waals surface area contributed by atoms with Gasteiger partial charge in [0.15, 0.2) is 0 Å². The minimum atomic E-state index is -4.69. The van der Waals surface area contributed by atoms with E-state index in [1.54, 1.807) is 0 Å². The SMILES string of the molecule is CC1(C)C=C(c2ccc3c(c2)N(S(=O)(=O)c2cccc(C(F)(F)F)c2)C[C@@H]2CN(C[C@H](O)CO)CCN32)CC(C)(C)O1. The zero-order valence-corrected chi connectivity index (χ0v) is 25.0. The lowest BCUT2D eigenvalue weighted by atomic mass is 9.85. The van der Waals surface area contributed by atoms with Crippen molar-refractivity contribution in [1.29, 1.82) is 0 Å². The Bertz CT molecular complexity index is 1470. The lowest BCUT2D eigenvalue weighted by Gasteiger charge is -2.49. The molecule has 230 valence electrons. The molecule has 0 radical (unpaired) electrons. The smallest absolute Gasteiger partial charge is 0.394 e. The lowest BCUT2D eigenvalue weighted by molar-refractivity contribution is -0.137. The molecule has 2 aromatic carbocycles. The van der Waals surface area contributed by atoms with Crippen LogP contribution in [0.5, 0.6) is 0 Å². The third-order valence-electron chi connectivity index (χ3n) is 7.97. The van der Waals surface area contributed by atoms with E-state index in [0.717, 1.165) is 23.3 Å². The second-order valence-corrected chi connectivity index (χ2v) is 14.4. The Balaban J connectivity index is 1.60. The quantitative estimate of drug-likeness (QED) is 0.509. The van der Waals surface area contributed by atoms with E-state index in [4.69, 9.17) is 4.74 Å². The first kappa shape index (κ1) is 30.8. The van der Waals surface area contributed by atoms with Crippen molar-refractivity contribution in [1.82, 2.24) is 4.90 Å². The summed E-state index contributed by atoms with van der Waals surface area (Å²) in [5, 5.41) is 19.3. The zero-order valence-electron chi connectivity index (χ0n) is 24.2. The summed E-state index contributed by atoms with van der Waals surface area (Å²) in [4.78, 5) is 3.66. The Morgan fingerprint density at radius 3 is 2.45 bits per heavy atom. The molecule has 2 atom stereocenters. The van der Waals surface area contributed by atoms with Crippen LogP contribution < -0.4 is 9.21 Å². The molecule has 2 aromatic rings. The normalized spacial score (nSPS) is 23.2. The second-order valence-electron chi connectivity index (χ2n) is 12.5. The van der Waals surface area contributed by atoms with Crippen molar-refractivity contribution in [2.45, 2.75) is 68.5 Å². The number of hydrogen-bond acceptors (Lipinski definition) is 7. The van der Waals surface area contributed by atoms with Gasteiger partial charge in [-0.15, -0.1) is 0 Å². The Morgan fingerprint density at radius 1 is 1.05 bits per heavy atom. The van der Waals surface area contributed by atoms with Gasteiger partial charge < -0.3 is 19.8 Å². The van der Waals surface area contributed by atoms with Crippen LogP contribution in [0.1, 0.15) is 45.2 Å². The van der Waals surface area contributed by atoms with Crippen molar-refractivity contribution in [2.75, 3.05) is 48.5 Å². The summed E-state index contributed by atoms with van der Waals surface area (Å²) in [6, 6.07) is 9.20. The van der Waals surface area contributed by atoms with Gasteiger partial charge in [0, 0.05) is 32.6 Å². The number of sulfonamides is 1. The Hall–Kier alpha value is -2.64. The Kier molecular flexibility index (Phi) is 7.93. The summed E-state index contributed by atoms with van der Waals surface area (Å²) in [6.45, 7) is 9.37. The Labute approximate surface area is 245 Å². The number of benzene rings is 2. The van der Waals surface area contributed by atoms with E-state index in [1.807, 2.05) is 56.9 Å². The van der Waals surface area contributed by atoms with Crippen molar-refractivity contribution in [3.8, 4) is 0 Å². The van der Waals surface area contributed by atoms with E-state index in [0.29, 0.717) is 43.5 Å². The number of ether oxygens (including phenoxy) is 1. The molecule has 8 nitrogen and oxygen atoms in total. The van der Waals surface area contributed by atoms with E-state index in [9.17, 15) is 31.8 Å². The molecule has 5 rings (SSSR count). The van der Waals surface area contributed by atoms with Gasteiger partial charge in [0.1, 0.15) is 0 Å². The van der Waals surface area contributed by atoms with Gasteiger partial charge in [-0.3, -0.25) is 9.21 Å². The number of fused-ring (bicyclic) bond motifs is 3. The fourth-order valence-corrected chi connectivity index (χ4v) is 8.00. The molecule has 12 heteroatoms. The summed E-state index contributed by atoms with van der Waals surface area (Å²) >= 11 is 0. The van der Waals surface area contributed by atoms with Gasteiger partial charge in [-0.05, 0) is 75.2 Å². The summed E-state index contributed by atoms with van der Waals surface area (Å²) in [6.07, 6.45) is -2.99. The minimum absolute atomic E-state index is 0.0138. The van der Waals surface area contributed by atoms with Crippen LogP contribution >= 0.6 is 0 Å². The van der Waals surface area contributed by atoms with E-state index in [-0.39, 0.29) is 25.7 Å². The van der Waals surface area contributed by atoms with Crippen LogP contribution in [-0.4, -0.2) is 86.2 Å². The first-order chi connectivity index (χ1) is 19.5. The number of alkyl halides is 3. The second kappa shape index (κ2) is 10.8.